The van der Waals surface area contributed by atoms with Crippen LogP contribution in [0.3, 0.4) is 0 Å². The van der Waals surface area contributed by atoms with Gasteiger partial charge in [0.25, 0.3) is 10.0 Å². The van der Waals surface area contributed by atoms with Gasteiger partial charge in [0.2, 0.25) is 0 Å². The van der Waals surface area contributed by atoms with Gasteiger partial charge in [-0.3, -0.25) is 4.79 Å². The lowest BCUT2D eigenvalue weighted by molar-refractivity contribution is 0.583. The molecule has 0 fully saturated rings. The van der Waals surface area contributed by atoms with Crippen LogP contribution in [0.5, 0.6) is 0 Å². The van der Waals surface area contributed by atoms with Crippen LogP contribution < -0.4 is 15.3 Å². The van der Waals surface area contributed by atoms with Crippen LogP contribution in [-0.2, 0) is 10.0 Å². The third-order valence-electron chi connectivity index (χ3n) is 1.46. The van der Waals surface area contributed by atoms with Crippen molar-refractivity contribution in [3.63, 3.8) is 0 Å². The zero-order valence-corrected chi connectivity index (χ0v) is 10.4. The highest BCUT2D eigenvalue weighted by Gasteiger charge is 2.19. The third kappa shape index (κ3) is 3.58. The van der Waals surface area contributed by atoms with E-state index in [-0.39, 0.29) is 34.6 Å². The van der Waals surface area contributed by atoms with Crippen molar-refractivity contribution in [2.45, 2.75) is 11.1 Å². The second-order valence-corrected chi connectivity index (χ2v) is 5.56. The Morgan fingerprint density at radius 1 is 1.53 bits per heavy atom. The third-order valence-corrected chi connectivity index (χ3v) is 4.53. The number of hydrogen-bond donors (Lipinski definition) is 3. The summed E-state index contributed by atoms with van der Waals surface area (Å²) in [6.07, 6.45) is 0. The molecule has 0 aliphatic rings. The van der Waals surface area contributed by atoms with Crippen LogP contribution in [0.15, 0.2) is 9.00 Å². The molecule has 0 unspecified atom stereocenters. The minimum atomic E-state index is -3.57. The maximum atomic E-state index is 11.5. The number of sulfonamides is 1. The SMILES string of the molecule is Cc1[nH]c(=O)sc1S(=O)(=O)NCCN.Cl. The summed E-state index contributed by atoms with van der Waals surface area (Å²) in [5, 5.41) is 0. The second-order valence-electron chi connectivity index (χ2n) is 2.61. The number of aromatic nitrogens is 1. The highest BCUT2D eigenvalue weighted by atomic mass is 35.5. The van der Waals surface area contributed by atoms with E-state index in [4.69, 9.17) is 5.73 Å². The monoisotopic (exact) mass is 273 g/mol. The first-order valence-electron chi connectivity index (χ1n) is 3.87. The van der Waals surface area contributed by atoms with E-state index in [1.54, 1.807) is 0 Å². The summed E-state index contributed by atoms with van der Waals surface area (Å²) in [4.78, 5) is 12.9. The Hall–Kier alpha value is -0.410. The van der Waals surface area contributed by atoms with Gasteiger partial charge in [0.15, 0.2) is 4.21 Å². The van der Waals surface area contributed by atoms with Crippen LogP contribution in [0.2, 0.25) is 0 Å². The van der Waals surface area contributed by atoms with Gasteiger partial charge >= 0.3 is 4.87 Å². The van der Waals surface area contributed by atoms with Crippen molar-refractivity contribution in [3.05, 3.63) is 15.4 Å². The van der Waals surface area contributed by atoms with Crippen LogP contribution in [0.25, 0.3) is 0 Å². The van der Waals surface area contributed by atoms with E-state index >= 15 is 0 Å². The Kier molecular flexibility index (Phi) is 5.46. The molecule has 1 aromatic rings. The number of hydrogen-bond acceptors (Lipinski definition) is 5. The summed E-state index contributed by atoms with van der Waals surface area (Å²) in [6, 6.07) is 0. The first-order valence-corrected chi connectivity index (χ1v) is 6.17. The average molecular weight is 274 g/mol. The van der Waals surface area contributed by atoms with Crippen molar-refractivity contribution in [2.24, 2.45) is 5.73 Å². The molecule has 0 aliphatic heterocycles. The zero-order valence-electron chi connectivity index (χ0n) is 7.94. The molecule has 0 saturated heterocycles. The smallest absolute Gasteiger partial charge is 0.305 e. The van der Waals surface area contributed by atoms with Crippen LogP contribution in [0, 0.1) is 6.92 Å². The van der Waals surface area contributed by atoms with Gasteiger partial charge in [-0.15, -0.1) is 12.4 Å². The van der Waals surface area contributed by atoms with Crippen molar-refractivity contribution in [2.75, 3.05) is 13.1 Å². The molecule has 0 amide bonds. The molecule has 0 bridgehead atoms. The van der Waals surface area contributed by atoms with Gasteiger partial charge in [0.1, 0.15) is 0 Å². The predicted octanol–water partition coefficient (Wildman–Crippen LogP) is -0.596. The molecule has 9 heteroatoms. The summed E-state index contributed by atoms with van der Waals surface area (Å²) in [7, 11) is -3.57. The van der Waals surface area contributed by atoms with Gasteiger partial charge in [0.05, 0.1) is 0 Å². The van der Waals surface area contributed by atoms with Gasteiger partial charge in [-0.1, -0.05) is 11.3 Å². The molecule has 0 aliphatic carbocycles. The van der Waals surface area contributed by atoms with E-state index in [0.717, 1.165) is 0 Å². The van der Waals surface area contributed by atoms with E-state index in [9.17, 15) is 13.2 Å². The summed E-state index contributed by atoms with van der Waals surface area (Å²) in [6.45, 7) is 1.92. The number of nitrogens with one attached hydrogen (secondary N) is 2. The summed E-state index contributed by atoms with van der Waals surface area (Å²) >= 11 is 0.669. The standard InChI is InChI=1S/C6H11N3O3S2.ClH/c1-4-5(13-6(10)9-4)14(11,12)8-3-2-7;/h8H,2-3,7H2,1H3,(H,9,10);1H. The highest BCUT2D eigenvalue weighted by molar-refractivity contribution is 7.91. The Morgan fingerprint density at radius 3 is 2.53 bits per heavy atom. The highest BCUT2D eigenvalue weighted by Crippen LogP contribution is 2.14. The van der Waals surface area contributed by atoms with Crippen LogP contribution >= 0.6 is 23.7 Å². The molecule has 0 spiro atoms. The number of H-pyrrole nitrogens is 1. The van der Waals surface area contributed by atoms with Gasteiger partial charge < -0.3 is 10.7 Å². The molecule has 1 heterocycles. The van der Waals surface area contributed by atoms with E-state index in [0.29, 0.717) is 17.0 Å². The second kappa shape index (κ2) is 5.61. The van der Waals surface area contributed by atoms with Gasteiger partial charge in [-0.25, -0.2) is 13.1 Å². The fraction of sp³-hybridized carbons (Fsp3) is 0.500. The summed E-state index contributed by atoms with van der Waals surface area (Å²) < 4.78 is 25.3. The molecular formula is C6H12ClN3O3S2. The Bertz CT molecular complexity index is 464. The van der Waals surface area contributed by atoms with Gasteiger partial charge in [-0.05, 0) is 6.92 Å². The molecule has 88 valence electrons. The maximum Gasteiger partial charge on any atom is 0.305 e. The molecule has 0 saturated carbocycles. The summed E-state index contributed by atoms with van der Waals surface area (Å²) in [5.74, 6) is 0. The Morgan fingerprint density at radius 2 is 2.13 bits per heavy atom. The first kappa shape index (κ1) is 14.6. The lowest BCUT2D eigenvalue weighted by Gasteiger charge is -2.02. The van der Waals surface area contributed by atoms with Crippen molar-refractivity contribution in [1.29, 1.82) is 0 Å². The largest absolute Gasteiger partial charge is 0.329 e. The lowest BCUT2D eigenvalue weighted by Crippen LogP contribution is -2.29. The predicted molar refractivity (Wildman–Crippen MR) is 61.2 cm³/mol. The number of aromatic amines is 1. The van der Waals surface area contributed by atoms with Crippen LogP contribution in [0.1, 0.15) is 5.69 Å². The molecular weight excluding hydrogens is 262 g/mol. The van der Waals surface area contributed by atoms with Crippen molar-refractivity contribution < 1.29 is 8.42 Å². The Balaban J connectivity index is 0.00000196. The molecule has 4 N–H and O–H groups in total. The van der Waals surface area contributed by atoms with E-state index < -0.39 is 10.0 Å². The number of nitrogens with two attached hydrogens (primary N) is 1. The van der Waals surface area contributed by atoms with Gasteiger partial charge in [-0.2, -0.15) is 0 Å². The molecule has 6 nitrogen and oxygen atoms in total. The normalized spacial score (nSPS) is 11.1. The first-order chi connectivity index (χ1) is 6.47. The number of halogens is 1. The van der Waals surface area contributed by atoms with Gasteiger partial charge in [0, 0.05) is 18.8 Å². The molecule has 1 aromatic heterocycles. The molecule has 15 heavy (non-hydrogen) atoms. The maximum absolute atomic E-state index is 11.5. The van der Waals surface area contributed by atoms with E-state index in [1.807, 2.05) is 0 Å². The van der Waals surface area contributed by atoms with Crippen LogP contribution in [0.4, 0.5) is 0 Å². The number of aryl methyl sites for hydroxylation is 1. The fourth-order valence-corrected chi connectivity index (χ4v) is 3.30. The molecule has 1 rings (SSSR count). The molecule has 0 radical (unpaired) electrons. The average Bonchev–Trinajstić information content (AvgIpc) is 2.42. The van der Waals surface area contributed by atoms with Crippen molar-refractivity contribution in [3.8, 4) is 0 Å². The van der Waals surface area contributed by atoms with E-state index in [2.05, 4.69) is 9.71 Å². The quantitative estimate of drug-likeness (QED) is 0.681. The molecule has 0 aromatic carbocycles. The molecule has 0 atom stereocenters. The Labute approximate surface area is 97.4 Å². The van der Waals surface area contributed by atoms with Crippen molar-refractivity contribution >= 4 is 33.8 Å². The van der Waals surface area contributed by atoms with Crippen molar-refractivity contribution in [1.82, 2.24) is 9.71 Å². The zero-order chi connectivity index (χ0) is 10.8. The topological polar surface area (TPSA) is 105 Å². The number of rotatable bonds is 4. The minimum Gasteiger partial charge on any atom is -0.329 e. The van der Waals surface area contributed by atoms with Crippen LogP contribution in [-0.4, -0.2) is 26.5 Å². The minimum absolute atomic E-state index is 0. The van der Waals surface area contributed by atoms with E-state index in [1.165, 1.54) is 6.92 Å². The summed E-state index contributed by atoms with van der Waals surface area (Å²) in [5.41, 5.74) is 5.52. The fourth-order valence-electron chi connectivity index (χ4n) is 0.906. The number of thiazole rings is 1. The lowest BCUT2D eigenvalue weighted by atomic mass is 10.6.